The highest BCUT2D eigenvalue weighted by Gasteiger charge is 2.25. The van der Waals surface area contributed by atoms with E-state index in [9.17, 15) is 14.6 Å². The van der Waals surface area contributed by atoms with Gasteiger partial charge in [-0.15, -0.1) is 0 Å². The maximum absolute atomic E-state index is 12.3. The van der Waals surface area contributed by atoms with E-state index in [1.165, 1.54) is 193 Å². The van der Waals surface area contributed by atoms with Crippen molar-refractivity contribution in [3.63, 3.8) is 0 Å². The Hall–Kier alpha value is -0.0500. The van der Waals surface area contributed by atoms with Crippen LogP contribution in [0.25, 0.3) is 0 Å². The van der Waals surface area contributed by atoms with Crippen LogP contribution in [0.1, 0.15) is 232 Å². The van der Waals surface area contributed by atoms with E-state index in [0.717, 1.165) is 25.7 Å². The quantitative estimate of drug-likeness (QED) is 0.0413. The molecule has 0 aromatic heterocycles. The third-order valence-electron chi connectivity index (χ3n) is 10.4. The first-order valence-electron chi connectivity index (χ1n) is 23.0. The first-order valence-corrected chi connectivity index (χ1v) is 24.5. The molecule has 0 aromatic rings. The van der Waals surface area contributed by atoms with Gasteiger partial charge in [-0.1, -0.05) is 219 Å². The van der Waals surface area contributed by atoms with Gasteiger partial charge in [0.15, 0.2) is 0 Å². The highest BCUT2D eigenvalue weighted by atomic mass is 31.2. The summed E-state index contributed by atoms with van der Waals surface area (Å²) in [7, 11) is -4.38. The van der Waals surface area contributed by atoms with Crippen LogP contribution in [0.3, 0.4) is 0 Å². The van der Waals surface area contributed by atoms with Crippen molar-refractivity contribution in [3.8, 4) is 0 Å². The molecule has 53 heavy (non-hydrogen) atoms. The molecule has 0 aliphatic carbocycles. The molecular weight excluding hydrogens is 687 g/mol. The van der Waals surface area contributed by atoms with E-state index in [2.05, 4.69) is 13.8 Å². The SMILES string of the molecule is CCCCCCCCCCCCCCCCCCCOCC(COP(=O)(O)OCC(O)CO)OCCCCCCCCCCCCCCCCCCC. The lowest BCUT2D eigenvalue weighted by Gasteiger charge is -2.20. The van der Waals surface area contributed by atoms with E-state index < -0.39 is 33.2 Å². The molecular formula is C44H91O8P. The minimum atomic E-state index is -4.38. The van der Waals surface area contributed by atoms with Crippen LogP contribution < -0.4 is 0 Å². The second-order valence-corrected chi connectivity index (χ2v) is 17.2. The van der Waals surface area contributed by atoms with Gasteiger partial charge in [-0.05, 0) is 12.8 Å². The van der Waals surface area contributed by atoms with Gasteiger partial charge in [-0.3, -0.25) is 9.05 Å². The lowest BCUT2D eigenvalue weighted by molar-refractivity contribution is -0.0462. The topological polar surface area (TPSA) is 115 Å². The van der Waals surface area contributed by atoms with Crippen LogP contribution >= 0.6 is 7.82 Å². The van der Waals surface area contributed by atoms with Crippen LogP contribution in [0, 0.1) is 0 Å². The fourth-order valence-electron chi connectivity index (χ4n) is 6.81. The summed E-state index contributed by atoms with van der Waals surface area (Å²) in [6.45, 7) is 4.85. The summed E-state index contributed by atoms with van der Waals surface area (Å²) in [4.78, 5) is 9.99. The molecule has 0 spiro atoms. The number of hydrogen-bond acceptors (Lipinski definition) is 7. The standard InChI is InChI=1S/C44H91O8P/c1-3-5-7-9-11-13-15-17-19-21-23-25-27-29-31-33-35-37-49-41-44(42-52-53(47,48)51-40-43(46)39-45)50-38-36-34-32-30-28-26-24-22-20-18-16-14-12-10-8-6-4-2/h43-46H,3-42H2,1-2H3,(H,47,48). The summed E-state index contributed by atoms with van der Waals surface area (Å²) < 4.78 is 34.1. The Morgan fingerprint density at radius 2 is 0.736 bits per heavy atom. The Labute approximate surface area is 329 Å². The molecule has 0 aliphatic heterocycles. The zero-order chi connectivity index (χ0) is 38.8. The Morgan fingerprint density at radius 3 is 1.08 bits per heavy atom. The molecule has 0 radical (unpaired) electrons. The van der Waals surface area contributed by atoms with Gasteiger partial charge < -0.3 is 24.6 Å². The number of unbranched alkanes of at least 4 members (excludes halogenated alkanes) is 32. The summed E-state index contributed by atoms with van der Waals surface area (Å²) >= 11 is 0. The molecule has 8 nitrogen and oxygen atoms in total. The molecule has 3 N–H and O–H groups in total. The van der Waals surface area contributed by atoms with Gasteiger partial charge in [-0.25, -0.2) is 4.57 Å². The molecule has 0 heterocycles. The summed E-state index contributed by atoms with van der Waals surface area (Å²) in [6, 6.07) is 0. The van der Waals surface area contributed by atoms with Crippen molar-refractivity contribution in [1.29, 1.82) is 0 Å². The van der Waals surface area contributed by atoms with Crippen LogP contribution in [0.5, 0.6) is 0 Å². The van der Waals surface area contributed by atoms with Crippen LogP contribution in [0.2, 0.25) is 0 Å². The zero-order valence-electron chi connectivity index (χ0n) is 35.3. The maximum atomic E-state index is 12.3. The van der Waals surface area contributed by atoms with Crippen LogP contribution in [0.4, 0.5) is 0 Å². The third-order valence-corrected chi connectivity index (χ3v) is 11.3. The zero-order valence-corrected chi connectivity index (χ0v) is 36.2. The number of ether oxygens (including phenoxy) is 2. The molecule has 3 unspecified atom stereocenters. The number of aliphatic hydroxyl groups excluding tert-OH is 2. The summed E-state index contributed by atoms with van der Waals surface area (Å²) in [5.41, 5.74) is 0. The molecule has 320 valence electrons. The predicted octanol–water partition coefficient (Wildman–Crippen LogP) is 13.2. The highest BCUT2D eigenvalue weighted by Crippen LogP contribution is 2.43. The number of aliphatic hydroxyl groups is 2. The monoisotopic (exact) mass is 779 g/mol. The van der Waals surface area contributed by atoms with Crippen molar-refractivity contribution >= 4 is 7.82 Å². The highest BCUT2D eigenvalue weighted by molar-refractivity contribution is 7.47. The Morgan fingerprint density at radius 1 is 0.434 bits per heavy atom. The minimum absolute atomic E-state index is 0.138. The summed E-state index contributed by atoms with van der Waals surface area (Å²) in [5, 5.41) is 18.4. The number of phosphoric ester groups is 1. The van der Waals surface area contributed by atoms with E-state index in [1.807, 2.05) is 0 Å². The molecule has 3 atom stereocenters. The van der Waals surface area contributed by atoms with Crippen molar-refractivity contribution in [2.24, 2.45) is 0 Å². The molecule has 0 bridgehead atoms. The third kappa shape index (κ3) is 42.9. The van der Waals surface area contributed by atoms with Gasteiger partial charge in [-0.2, -0.15) is 0 Å². The van der Waals surface area contributed by atoms with E-state index in [4.69, 9.17) is 23.6 Å². The van der Waals surface area contributed by atoms with E-state index in [0.29, 0.717) is 13.2 Å². The van der Waals surface area contributed by atoms with Gasteiger partial charge in [0.05, 0.1) is 26.4 Å². The van der Waals surface area contributed by atoms with E-state index >= 15 is 0 Å². The second kappa shape index (κ2) is 43.1. The molecule has 9 heteroatoms. The fourth-order valence-corrected chi connectivity index (χ4v) is 7.60. The number of phosphoric acid groups is 1. The molecule has 0 amide bonds. The Kier molecular flexibility index (Phi) is 43.0. The summed E-state index contributed by atoms with van der Waals surface area (Å²) in [6.07, 6.45) is 43.5. The predicted molar refractivity (Wildman–Crippen MR) is 224 cm³/mol. The first-order chi connectivity index (χ1) is 25.9. The van der Waals surface area contributed by atoms with Gasteiger partial charge in [0.2, 0.25) is 0 Å². The lowest BCUT2D eigenvalue weighted by Crippen LogP contribution is -2.27. The fraction of sp³-hybridized carbons (Fsp3) is 1.00. The van der Waals surface area contributed by atoms with Crippen molar-refractivity contribution in [2.75, 3.05) is 39.6 Å². The smallest absolute Gasteiger partial charge is 0.394 e. The average molecular weight is 779 g/mol. The lowest BCUT2D eigenvalue weighted by atomic mass is 10.0. The summed E-state index contributed by atoms with van der Waals surface area (Å²) in [5.74, 6) is 0. The maximum Gasteiger partial charge on any atom is 0.472 e. The molecule has 0 fully saturated rings. The van der Waals surface area contributed by atoms with Crippen molar-refractivity contribution < 1.29 is 38.2 Å². The number of rotatable bonds is 46. The Bertz CT molecular complexity index is 742. The van der Waals surface area contributed by atoms with Crippen molar-refractivity contribution in [2.45, 2.75) is 244 Å². The molecule has 0 saturated heterocycles. The van der Waals surface area contributed by atoms with Crippen LogP contribution in [0.15, 0.2) is 0 Å². The van der Waals surface area contributed by atoms with Crippen LogP contribution in [-0.4, -0.2) is 67.0 Å². The average Bonchev–Trinajstić information content (AvgIpc) is 3.16. The van der Waals surface area contributed by atoms with Gasteiger partial charge in [0.25, 0.3) is 0 Å². The van der Waals surface area contributed by atoms with Gasteiger partial charge >= 0.3 is 7.82 Å². The normalized spacial score (nSPS) is 14.1. The minimum Gasteiger partial charge on any atom is -0.394 e. The molecule has 0 aliphatic rings. The molecule has 0 aromatic carbocycles. The van der Waals surface area contributed by atoms with E-state index in [1.54, 1.807) is 0 Å². The van der Waals surface area contributed by atoms with E-state index in [-0.39, 0.29) is 13.2 Å². The molecule has 0 rings (SSSR count). The first kappa shape index (κ1) is 53.0. The van der Waals surface area contributed by atoms with Crippen molar-refractivity contribution in [3.05, 3.63) is 0 Å². The molecule has 0 saturated carbocycles. The second-order valence-electron chi connectivity index (χ2n) is 15.8. The number of hydrogen-bond donors (Lipinski definition) is 3. The van der Waals surface area contributed by atoms with Gasteiger partial charge in [0, 0.05) is 13.2 Å². The largest absolute Gasteiger partial charge is 0.472 e. The Balaban J connectivity index is 3.95. The van der Waals surface area contributed by atoms with Crippen LogP contribution in [-0.2, 0) is 23.1 Å². The van der Waals surface area contributed by atoms with Crippen molar-refractivity contribution in [1.82, 2.24) is 0 Å². The van der Waals surface area contributed by atoms with Gasteiger partial charge in [0.1, 0.15) is 12.2 Å².